The van der Waals surface area contributed by atoms with E-state index in [-0.39, 0.29) is 29.8 Å². The number of piperazine rings is 1. The van der Waals surface area contributed by atoms with Crippen molar-refractivity contribution in [2.24, 2.45) is 5.92 Å². The van der Waals surface area contributed by atoms with Gasteiger partial charge in [0.25, 0.3) is 5.91 Å². The van der Waals surface area contributed by atoms with Crippen LogP contribution >= 0.6 is 0 Å². The van der Waals surface area contributed by atoms with E-state index in [1.807, 2.05) is 63.1 Å². The van der Waals surface area contributed by atoms with Crippen molar-refractivity contribution in [3.05, 3.63) is 54.4 Å². The van der Waals surface area contributed by atoms with Gasteiger partial charge in [-0.2, -0.15) is 0 Å². The highest BCUT2D eigenvalue weighted by Crippen LogP contribution is 2.44. The number of benzene rings is 1. The van der Waals surface area contributed by atoms with E-state index >= 15 is 0 Å². The Kier molecular flexibility index (Phi) is 8.45. The summed E-state index contributed by atoms with van der Waals surface area (Å²) in [5, 5.41) is 0. The van der Waals surface area contributed by atoms with Crippen molar-refractivity contribution in [1.29, 1.82) is 0 Å². The first kappa shape index (κ1) is 31.8. The van der Waals surface area contributed by atoms with Crippen LogP contribution in [0.15, 0.2) is 43.0 Å². The van der Waals surface area contributed by atoms with Gasteiger partial charge >= 0.3 is 6.09 Å². The van der Waals surface area contributed by atoms with Crippen molar-refractivity contribution in [3.8, 4) is 11.1 Å². The third kappa shape index (κ3) is 5.91. The molecule has 2 aromatic heterocycles. The van der Waals surface area contributed by atoms with Crippen LogP contribution in [0.2, 0.25) is 0 Å². The molecule has 3 amide bonds. The first-order valence-corrected chi connectivity index (χ1v) is 16.5. The minimum Gasteiger partial charge on any atom is -0.444 e. The van der Waals surface area contributed by atoms with Gasteiger partial charge in [-0.05, 0) is 90.5 Å². The number of nitrogens with zero attached hydrogens (tertiary/aromatic N) is 6. The summed E-state index contributed by atoms with van der Waals surface area (Å²) in [6.07, 6.45) is 7.79. The molecule has 1 aliphatic carbocycles. The lowest BCUT2D eigenvalue weighted by molar-refractivity contribution is -0.138. The van der Waals surface area contributed by atoms with Crippen molar-refractivity contribution in [1.82, 2.24) is 24.1 Å². The van der Waals surface area contributed by atoms with E-state index in [1.165, 1.54) is 12.1 Å². The van der Waals surface area contributed by atoms with Crippen molar-refractivity contribution in [2.45, 2.75) is 84.5 Å². The number of ether oxygens (including phenoxy) is 1. The first-order valence-electron chi connectivity index (χ1n) is 16.5. The average molecular weight is 633 g/mol. The van der Waals surface area contributed by atoms with Crippen LogP contribution in [0.1, 0.15) is 71.2 Å². The van der Waals surface area contributed by atoms with Gasteiger partial charge in [0, 0.05) is 56.6 Å². The number of aromatic nitrogens is 2. The van der Waals surface area contributed by atoms with Gasteiger partial charge in [-0.1, -0.05) is 6.07 Å². The summed E-state index contributed by atoms with van der Waals surface area (Å²) in [4.78, 5) is 52.7. The molecule has 3 aromatic rings. The molecule has 2 saturated heterocycles. The molecule has 10 nitrogen and oxygen atoms in total. The standard InChI is InChI=1S/C35H45FN6O4/c1-7-41(22(2)3)32(43)29-17-24(36)9-11-27(29)28-18-26(20-40-21-37-19-30(28)40)38-12-14-39(15-13-38)33(44)31-23-8-10-25(16-23)42(31)34(45)46-35(4,5)6/h9,11,17-23,25,31H,7-8,10,12-16H2,1-6H3/t23-,25+,31-/m0/s1. The fourth-order valence-electron chi connectivity index (χ4n) is 7.49. The SMILES string of the molecule is CCN(C(=O)c1cc(F)ccc1-c1cc(N2CCN(C(=O)[C@@H]3[C@H]4CC[C@H](C4)N3C(=O)OC(C)(C)C)CC2)cn2cncc12)C(C)C. The number of fused-ring (bicyclic) bond motifs is 3. The van der Waals surface area contributed by atoms with E-state index < -0.39 is 23.6 Å². The topological polar surface area (TPSA) is 90.7 Å². The lowest BCUT2D eigenvalue weighted by Gasteiger charge is -2.41. The van der Waals surface area contributed by atoms with Gasteiger partial charge in [0.05, 0.1) is 29.3 Å². The van der Waals surface area contributed by atoms with Crippen LogP contribution in [0.4, 0.5) is 14.9 Å². The number of carbonyl (C=O) groups is 3. The van der Waals surface area contributed by atoms with Gasteiger partial charge in [-0.15, -0.1) is 0 Å². The summed E-state index contributed by atoms with van der Waals surface area (Å²) in [6, 6.07) is 5.96. The van der Waals surface area contributed by atoms with Crippen LogP contribution in [0.25, 0.3) is 16.6 Å². The lowest BCUT2D eigenvalue weighted by atomic mass is 9.97. The molecule has 0 unspecified atom stereocenters. The molecular formula is C35H45FN6O4. The molecule has 4 heterocycles. The van der Waals surface area contributed by atoms with Crippen LogP contribution in [0, 0.1) is 11.7 Å². The van der Waals surface area contributed by atoms with Crippen LogP contribution in [-0.2, 0) is 9.53 Å². The number of hydrogen-bond donors (Lipinski definition) is 0. The number of pyridine rings is 1. The van der Waals surface area contributed by atoms with Gasteiger partial charge in [-0.25, -0.2) is 14.2 Å². The Morgan fingerprint density at radius 3 is 2.48 bits per heavy atom. The van der Waals surface area contributed by atoms with Crippen molar-refractivity contribution in [3.63, 3.8) is 0 Å². The number of hydrogen-bond acceptors (Lipinski definition) is 6. The predicted octanol–water partition coefficient (Wildman–Crippen LogP) is 5.45. The van der Waals surface area contributed by atoms with Crippen LogP contribution in [-0.4, -0.2) is 98.4 Å². The second-order valence-corrected chi connectivity index (χ2v) is 14.0. The molecule has 3 atom stereocenters. The fourth-order valence-corrected chi connectivity index (χ4v) is 7.49. The van der Waals surface area contributed by atoms with Gasteiger partial charge in [0.2, 0.25) is 5.91 Å². The minimum absolute atomic E-state index is 0.00329. The van der Waals surface area contributed by atoms with Crippen LogP contribution in [0.5, 0.6) is 0 Å². The highest BCUT2D eigenvalue weighted by Gasteiger charge is 2.53. The Labute approximate surface area is 270 Å². The zero-order valence-corrected chi connectivity index (χ0v) is 27.7. The fraction of sp³-hybridized carbons (Fsp3) is 0.543. The Bertz CT molecular complexity index is 1640. The van der Waals surface area contributed by atoms with Gasteiger partial charge < -0.3 is 23.8 Å². The third-order valence-electron chi connectivity index (χ3n) is 9.63. The normalized spacial score (nSPS) is 21.4. The zero-order chi connectivity index (χ0) is 32.9. The molecule has 0 spiro atoms. The Hall–Kier alpha value is -4.15. The Balaban J connectivity index is 1.24. The maximum atomic E-state index is 14.6. The summed E-state index contributed by atoms with van der Waals surface area (Å²) in [6.45, 7) is 14.1. The molecule has 6 rings (SSSR count). The molecule has 3 aliphatic rings. The number of rotatable bonds is 6. The molecular weight excluding hydrogens is 587 g/mol. The maximum absolute atomic E-state index is 14.6. The molecule has 1 saturated carbocycles. The van der Waals surface area contributed by atoms with Gasteiger partial charge in [-0.3, -0.25) is 14.5 Å². The Morgan fingerprint density at radius 2 is 1.80 bits per heavy atom. The summed E-state index contributed by atoms with van der Waals surface area (Å²) >= 11 is 0. The van der Waals surface area contributed by atoms with Crippen molar-refractivity contribution in [2.75, 3.05) is 37.6 Å². The molecule has 1 aromatic carbocycles. The number of amides is 3. The average Bonchev–Trinajstić information content (AvgIpc) is 3.76. The summed E-state index contributed by atoms with van der Waals surface area (Å²) in [7, 11) is 0. The number of halogens is 1. The van der Waals surface area contributed by atoms with E-state index in [1.54, 1.807) is 28.4 Å². The Morgan fingerprint density at radius 1 is 1.07 bits per heavy atom. The summed E-state index contributed by atoms with van der Waals surface area (Å²) in [5.74, 6) is -0.512. The highest BCUT2D eigenvalue weighted by molar-refractivity contribution is 6.03. The largest absolute Gasteiger partial charge is 0.444 e. The smallest absolute Gasteiger partial charge is 0.411 e. The number of carbonyl (C=O) groups excluding carboxylic acids is 3. The summed E-state index contributed by atoms with van der Waals surface area (Å²) in [5.41, 5.74) is 2.84. The van der Waals surface area contributed by atoms with Crippen LogP contribution in [0.3, 0.4) is 0 Å². The number of likely N-dealkylation sites (tertiary alicyclic amines) is 1. The minimum atomic E-state index is -0.626. The third-order valence-corrected chi connectivity index (χ3v) is 9.63. The van der Waals surface area contributed by atoms with Gasteiger partial charge in [0.15, 0.2) is 0 Å². The van der Waals surface area contributed by atoms with E-state index in [4.69, 9.17) is 4.74 Å². The number of imidazole rings is 1. The van der Waals surface area contributed by atoms with E-state index in [9.17, 15) is 18.8 Å². The van der Waals surface area contributed by atoms with E-state index in [0.717, 1.165) is 36.0 Å². The molecule has 0 N–H and O–H groups in total. The molecule has 246 valence electrons. The second kappa shape index (κ2) is 12.2. The zero-order valence-electron chi connectivity index (χ0n) is 27.7. The van der Waals surface area contributed by atoms with Gasteiger partial charge in [0.1, 0.15) is 17.5 Å². The number of piperidine rings is 1. The maximum Gasteiger partial charge on any atom is 0.411 e. The lowest BCUT2D eigenvalue weighted by Crippen LogP contribution is -2.58. The first-order chi connectivity index (χ1) is 21.9. The molecule has 11 heteroatoms. The summed E-state index contributed by atoms with van der Waals surface area (Å²) < 4.78 is 22.2. The van der Waals surface area contributed by atoms with Crippen LogP contribution < -0.4 is 4.90 Å². The second-order valence-electron chi connectivity index (χ2n) is 14.0. The van der Waals surface area contributed by atoms with E-state index in [2.05, 4.69) is 9.88 Å². The van der Waals surface area contributed by atoms with Crippen molar-refractivity contribution >= 4 is 29.1 Å². The molecule has 46 heavy (non-hydrogen) atoms. The quantitative estimate of drug-likeness (QED) is 0.359. The highest BCUT2D eigenvalue weighted by atomic mass is 19.1. The van der Waals surface area contributed by atoms with Crippen molar-refractivity contribution < 1.29 is 23.5 Å². The van der Waals surface area contributed by atoms with E-state index in [0.29, 0.717) is 43.9 Å². The molecule has 2 bridgehead atoms. The number of anilines is 1. The molecule has 3 fully saturated rings. The monoisotopic (exact) mass is 632 g/mol. The molecule has 2 aliphatic heterocycles. The molecule has 0 radical (unpaired) electrons. The predicted molar refractivity (Wildman–Crippen MR) is 174 cm³/mol.